The van der Waals surface area contributed by atoms with Crippen LogP contribution in [-0.2, 0) is 22.8 Å². The Bertz CT molecular complexity index is 985. The third kappa shape index (κ3) is 6.91. The lowest BCUT2D eigenvalue weighted by Crippen LogP contribution is -2.50. The van der Waals surface area contributed by atoms with Crippen LogP contribution in [0.1, 0.15) is 56.6 Å². The van der Waals surface area contributed by atoms with E-state index < -0.39 is 15.1 Å². The summed E-state index contributed by atoms with van der Waals surface area (Å²) >= 11 is 3.52. The standard InChI is InChI=1S/C25H33BrN2O2S.2BrH/c1-2-3-4-5-7-18-10-12-21(13-11-18)31(29,30)25-23-15-14-22(28-23)24(25)27-17-19-8-6-9-20(26)16-19;;/h6,8-13,16,22-25,27-28H,2-5,7,14-15,17H2,1H3;2*1H/t22-,23+,24+,25-;;/m0../s1. The molecule has 2 N–H and O–H groups in total. The molecule has 4 rings (SSSR count). The SMILES string of the molecule is Br.Br.CCCCCCc1ccc(S(=O)(=O)[C@@H]2[C@H](NCc3cccc(Br)c3)[C@@H]3CC[C@H]2N3)cc1. The highest BCUT2D eigenvalue weighted by Crippen LogP contribution is 2.36. The largest absolute Gasteiger partial charge is 0.308 e. The van der Waals surface area contributed by atoms with Gasteiger partial charge in [-0.1, -0.05) is 66.4 Å². The van der Waals surface area contributed by atoms with E-state index in [1.54, 1.807) is 0 Å². The number of halogens is 3. The molecule has 0 radical (unpaired) electrons. The molecule has 2 aromatic carbocycles. The number of unbranched alkanes of at least 4 members (excludes halogenated alkanes) is 3. The first-order valence-electron chi connectivity index (χ1n) is 11.6. The van der Waals surface area contributed by atoms with Gasteiger partial charge in [0.05, 0.1) is 10.1 Å². The van der Waals surface area contributed by atoms with Gasteiger partial charge in [-0.15, -0.1) is 34.0 Å². The van der Waals surface area contributed by atoms with Crippen LogP contribution in [-0.4, -0.2) is 31.8 Å². The van der Waals surface area contributed by atoms with Crippen molar-refractivity contribution in [2.24, 2.45) is 0 Å². The minimum Gasteiger partial charge on any atom is -0.308 e. The zero-order valence-electron chi connectivity index (χ0n) is 19.0. The van der Waals surface area contributed by atoms with Crippen LogP contribution in [0.3, 0.4) is 0 Å². The summed E-state index contributed by atoms with van der Waals surface area (Å²) in [6.07, 6.45) is 7.87. The Morgan fingerprint density at radius 1 is 0.970 bits per heavy atom. The van der Waals surface area contributed by atoms with Gasteiger partial charge in [0.2, 0.25) is 0 Å². The second-order valence-corrected chi connectivity index (χ2v) is 12.0. The van der Waals surface area contributed by atoms with Crippen LogP contribution < -0.4 is 10.6 Å². The van der Waals surface area contributed by atoms with E-state index in [-0.39, 0.29) is 52.1 Å². The van der Waals surface area contributed by atoms with Crippen molar-refractivity contribution in [2.45, 2.75) is 86.7 Å². The Balaban J connectivity index is 0.00000193. The van der Waals surface area contributed by atoms with Crippen molar-refractivity contribution in [3.05, 3.63) is 64.1 Å². The second kappa shape index (κ2) is 13.2. The molecule has 0 aromatic heterocycles. The topological polar surface area (TPSA) is 58.2 Å². The van der Waals surface area contributed by atoms with Crippen LogP contribution in [0.2, 0.25) is 0 Å². The number of hydrogen-bond acceptors (Lipinski definition) is 4. The Hall–Kier alpha value is -0.250. The van der Waals surface area contributed by atoms with Gasteiger partial charge in [0, 0.05) is 29.1 Å². The summed E-state index contributed by atoms with van der Waals surface area (Å²) in [7, 11) is -3.41. The third-order valence-corrected chi connectivity index (χ3v) is 9.52. The minimum atomic E-state index is -3.41. The van der Waals surface area contributed by atoms with Gasteiger partial charge < -0.3 is 10.6 Å². The molecule has 2 saturated heterocycles. The normalized spacial score (nSPS) is 23.7. The van der Waals surface area contributed by atoms with E-state index in [0.29, 0.717) is 11.4 Å². The molecule has 0 amide bonds. The zero-order valence-corrected chi connectivity index (χ0v) is 24.8. The van der Waals surface area contributed by atoms with Crippen molar-refractivity contribution in [2.75, 3.05) is 0 Å². The van der Waals surface area contributed by atoms with E-state index in [4.69, 9.17) is 0 Å². The van der Waals surface area contributed by atoms with Gasteiger partial charge in [-0.25, -0.2) is 8.42 Å². The maximum absolute atomic E-state index is 13.6. The molecule has 4 nitrogen and oxygen atoms in total. The van der Waals surface area contributed by atoms with E-state index in [9.17, 15) is 8.42 Å². The van der Waals surface area contributed by atoms with Gasteiger partial charge in [0.15, 0.2) is 9.84 Å². The van der Waals surface area contributed by atoms with E-state index >= 15 is 0 Å². The van der Waals surface area contributed by atoms with Crippen LogP contribution in [0.4, 0.5) is 0 Å². The maximum atomic E-state index is 13.6. The van der Waals surface area contributed by atoms with Gasteiger partial charge in [-0.2, -0.15) is 0 Å². The first-order chi connectivity index (χ1) is 15.0. The Kier molecular flexibility index (Phi) is 11.6. The smallest absolute Gasteiger partial charge is 0.184 e. The molecule has 2 bridgehead atoms. The van der Waals surface area contributed by atoms with Crippen LogP contribution in [0, 0.1) is 0 Å². The predicted molar refractivity (Wildman–Crippen MR) is 151 cm³/mol. The number of fused-ring (bicyclic) bond motifs is 2. The number of benzene rings is 2. The first kappa shape index (κ1) is 29.0. The third-order valence-electron chi connectivity index (χ3n) is 6.76. The van der Waals surface area contributed by atoms with Crippen molar-refractivity contribution in [3.63, 3.8) is 0 Å². The van der Waals surface area contributed by atoms with Gasteiger partial charge in [-0.05, 0) is 61.1 Å². The number of hydrogen-bond donors (Lipinski definition) is 2. The molecule has 0 saturated carbocycles. The van der Waals surface area contributed by atoms with Gasteiger partial charge in [-0.3, -0.25) is 0 Å². The fourth-order valence-electron chi connectivity index (χ4n) is 5.13. The van der Waals surface area contributed by atoms with E-state index in [1.165, 1.54) is 24.8 Å². The second-order valence-electron chi connectivity index (χ2n) is 8.96. The lowest BCUT2D eigenvalue weighted by atomic mass is 9.94. The van der Waals surface area contributed by atoms with Crippen molar-refractivity contribution >= 4 is 59.7 Å². The summed E-state index contributed by atoms with van der Waals surface area (Å²) in [6, 6.07) is 16.0. The highest BCUT2D eigenvalue weighted by atomic mass is 79.9. The molecule has 8 heteroatoms. The molecule has 2 heterocycles. The molecule has 0 unspecified atom stereocenters. The monoisotopic (exact) mass is 664 g/mol. The lowest BCUT2D eigenvalue weighted by Gasteiger charge is -2.30. The molecule has 0 aliphatic carbocycles. The molecular weight excluding hydrogens is 632 g/mol. The van der Waals surface area contributed by atoms with Crippen molar-refractivity contribution in [3.8, 4) is 0 Å². The van der Waals surface area contributed by atoms with E-state index in [0.717, 1.165) is 35.7 Å². The van der Waals surface area contributed by atoms with E-state index in [1.807, 2.05) is 36.4 Å². The summed E-state index contributed by atoms with van der Waals surface area (Å²) in [5, 5.41) is 6.70. The molecule has 0 spiro atoms. The van der Waals surface area contributed by atoms with Crippen molar-refractivity contribution in [1.29, 1.82) is 0 Å². The predicted octanol–water partition coefficient (Wildman–Crippen LogP) is 6.16. The zero-order chi connectivity index (χ0) is 21.8. The summed E-state index contributed by atoms with van der Waals surface area (Å²) in [6.45, 7) is 2.88. The van der Waals surface area contributed by atoms with Crippen LogP contribution in [0.15, 0.2) is 57.9 Å². The summed E-state index contributed by atoms with van der Waals surface area (Å²) in [5.41, 5.74) is 2.38. The molecule has 4 atom stereocenters. The fraction of sp³-hybridized carbons (Fsp3) is 0.520. The van der Waals surface area contributed by atoms with Crippen molar-refractivity contribution in [1.82, 2.24) is 10.6 Å². The Morgan fingerprint density at radius 2 is 1.70 bits per heavy atom. The van der Waals surface area contributed by atoms with E-state index in [2.05, 4.69) is 45.6 Å². The summed E-state index contributed by atoms with van der Waals surface area (Å²) in [4.78, 5) is 0.457. The average molecular weight is 667 g/mol. The lowest BCUT2D eigenvalue weighted by molar-refractivity contribution is 0.409. The summed E-state index contributed by atoms with van der Waals surface area (Å²) in [5.74, 6) is 0. The molecule has 2 aromatic rings. The number of sulfone groups is 1. The molecule has 2 aliphatic heterocycles. The van der Waals surface area contributed by atoms with Gasteiger partial charge in [0.25, 0.3) is 0 Å². The quantitative estimate of drug-likeness (QED) is 0.298. The number of aryl methyl sites for hydroxylation is 1. The molecule has 33 heavy (non-hydrogen) atoms. The molecule has 2 fully saturated rings. The highest BCUT2D eigenvalue weighted by Gasteiger charge is 2.53. The Morgan fingerprint density at radius 3 is 2.39 bits per heavy atom. The summed E-state index contributed by atoms with van der Waals surface area (Å²) < 4.78 is 28.3. The van der Waals surface area contributed by atoms with Crippen LogP contribution in [0.25, 0.3) is 0 Å². The van der Waals surface area contributed by atoms with Gasteiger partial charge in [0.1, 0.15) is 0 Å². The van der Waals surface area contributed by atoms with Crippen molar-refractivity contribution < 1.29 is 8.42 Å². The van der Waals surface area contributed by atoms with Crippen LogP contribution >= 0.6 is 49.9 Å². The molecule has 2 aliphatic rings. The minimum absolute atomic E-state index is 0. The molecule has 184 valence electrons. The fourth-order valence-corrected chi connectivity index (χ4v) is 7.73. The molecular formula is C25H35Br3N2O2S. The van der Waals surface area contributed by atoms with Gasteiger partial charge >= 0.3 is 0 Å². The maximum Gasteiger partial charge on any atom is 0.184 e. The van der Waals surface area contributed by atoms with Crippen LogP contribution in [0.5, 0.6) is 0 Å². The number of nitrogens with one attached hydrogen (secondary N) is 2. The number of rotatable bonds is 10. The Labute approximate surface area is 228 Å². The first-order valence-corrected chi connectivity index (χ1v) is 13.9. The highest BCUT2D eigenvalue weighted by molar-refractivity contribution is 9.10. The average Bonchev–Trinajstić information content (AvgIpc) is 3.38.